The van der Waals surface area contributed by atoms with Crippen molar-refractivity contribution in [3.63, 3.8) is 0 Å². The molecule has 4 rings (SSSR count). The van der Waals surface area contributed by atoms with E-state index in [4.69, 9.17) is 4.74 Å². The molecule has 1 aromatic heterocycles. The van der Waals surface area contributed by atoms with Gasteiger partial charge in [0, 0.05) is 38.9 Å². The van der Waals surface area contributed by atoms with Gasteiger partial charge in [0.2, 0.25) is 0 Å². The number of ether oxygens (including phenoxy) is 1. The first-order chi connectivity index (χ1) is 15.6. The molecule has 1 saturated heterocycles. The molecule has 0 saturated carbocycles. The number of esters is 1. The summed E-state index contributed by atoms with van der Waals surface area (Å²) in [4.78, 5) is 21.3. The van der Waals surface area contributed by atoms with Crippen molar-refractivity contribution < 1.29 is 9.53 Å². The lowest BCUT2D eigenvalue weighted by molar-refractivity contribution is -0.137. The smallest absolute Gasteiger partial charge is 0.313 e. The van der Waals surface area contributed by atoms with Crippen LogP contribution in [-0.2, 0) is 17.8 Å². The number of rotatable bonds is 7. The molecular weight excluding hydrogens is 398 g/mol. The Balaban J connectivity index is 1.35. The van der Waals surface area contributed by atoms with Crippen LogP contribution in [0.25, 0.3) is 0 Å². The Bertz CT molecular complexity index is 1030. The van der Waals surface area contributed by atoms with Gasteiger partial charge in [0.1, 0.15) is 0 Å². The number of anilines is 1. The van der Waals surface area contributed by atoms with Crippen LogP contribution in [0.3, 0.4) is 0 Å². The fourth-order valence-corrected chi connectivity index (χ4v) is 3.97. The first-order valence-electron chi connectivity index (χ1n) is 11.3. The third kappa shape index (κ3) is 5.74. The number of nitrogens with zero attached hydrogens (tertiary/aromatic N) is 3. The molecule has 166 valence electrons. The van der Waals surface area contributed by atoms with E-state index >= 15 is 0 Å². The molecule has 1 fully saturated rings. The van der Waals surface area contributed by atoms with E-state index in [1.165, 1.54) is 16.7 Å². The molecule has 2 heterocycles. The maximum atomic E-state index is 12.1. The highest BCUT2D eigenvalue weighted by atomic mass is 16.5. The molecular formula is C27H31N3O2. The second-order valence-electron chi connectivity index (χ2n) is 8.65. The maximum absolute atomic E-state index is 12.1. The van der Waals surface area contributed by atoms with Gasteiger partial charge >= 0.3 is 5.97 Å². The predicted octanol–water partition coefficient (Wildman–Crippen LogP) is 4.56. The Morgan fingerprint density at radius 2 is 1.62 bits per heavy atom. The third-order valence-electron chi connectivity index (χ3n) is 5.75. The van der Waals surface area contributed by atoms with E-state index in [0.717, 1.165) is 45.0 Å². The van der Waals surface area contributed by atoms with Crippen LogP contribution < -0.4 is 9.64 Å². The fraction of sp³-hybridized carbons (Fsp3) is 0.333. The first-order valence-corrected chi connectivity index (χ1v) is 11.3. The number of hydrogen-bond acceptors (Lipinski definition) is 5. The minimum absolute atomic E-state index is 0.169. The lowest BCUT2D eigenvalue weighted by atomic mass is 10.0. The Labute approximate surface area is 190 Å². The van der Waals surface area contributed by atoms with Gasteiger partial charge in [-0.1, -0.05) is 68.4 Å². The van der Waals surface area contributed by atoms with E-state index < -0.39 is 0 Å². The molecule has 1 aliphatic heterocycles. The van der Waals surface area contributed by atoms with E-state index in [2.05, 4.69) is 69.4 Å². The molecule has 0 N–H and O–H groups in total. The Morgan fingerprint density at radius 1 is 0.906 bits per heavy atom. The van der Waals surface area contributed by atoms with Crippen LogP contribution in [0.15, 0.2) is 72.9 Å². The van der Waals surface area contributed by atoms with Crippen molar-refractivity contribution in [3.05, 3.63) is 89.6 Å². The van der Waals surface area contributed by atoms with Crippen molar-refractivity contribution in [2.45, 2.75) is 26.8 Å². The number of pyridine rings is 1. The predicted molar refractivity (Wildman–Crippen MR) is 128 cm³/mol. The molecule has 0 aliphatic carbocycles. The minimum atomic E-state index is -0.228. The summed E-state index contributed by atoms with van der Waals surface area (Å²) in [5.74, 6) is 0.907. The van der Waals surface area contributed by atoms with Crippen LogP contribution in [0.5, 0.6) is 5.75 Å². The third-order valence-corrected chi connectivity index (χ3v) is 5.75. The van der Waals surface area contributed by atoms with Gasteiger partial charge in [-0.15, -0.1) is 0 Å². The standard InChI is InChI=1S/C27H31N3O2/c1-21(2)27(31)32-25-12-7-13-28-26(25)30-16-14-29(15-17-30)20-24-11-6-10-23(19-24)18-22-8-4-3-5-9-22/h3-13,19,21H,14-18,20H2,1-2H3. The van der Waals surface area contributed by atoms with Gasteiger partial charge in [-0.2, -0.15) is 0 Å². The zero-order valence-electron chi connectivity index (χ0n) is 18.9. The van der Waals surface area contributed by atoms with Gasteiger partial charge in [0.15, 0.2) is 11.6 Å². The van der Waals surface area contributed by atoms with E-state index in [-0.39, 0.29) is 11.9 Å². The van der Waals surface area contributed by atoms with E-state index in [0.29, 0.717) is 5.75 Å². The Morgan fingerprint density at radius 3 is 2.38 bits per heavy atom. The lowest BCUT2D eigenvalue weighted by Crippen LogP contribution is -2.46. The summed E-state index contributed by atoms with van der Waals surface area (Å²) in [6, 6.07) is 23.1. The van der Waals surface area contributed by atoms with Crippen LogP contribution in [0.4, 0.5) is 5.82 Å². The SMILES string of the molecule is CC(C)C(=O)Oc1cccnc1N1CCN(Cc2cccc(Cc3ccccc3)c2)CC1. The summed E-state index contributed by atoms with van der Waals surface area (Å²) in [6.45, 7) is 8.21. The average molecular weight is 430 g/mol. The molecule has 0 spiro atoms. The van der Waals surface area contributed by atoms with Crippen molar-refractivity contribution in [1.29, 1.82) is 0 Å². The zero-order valence-corrected chi connectivity index (χ0v) is 18.9. The molecule has 0 amide bonds. The van der Waals surface area contributed by atoms with E-state index in [1.54, 1.807) is 6.20 Å². The molecule has 5 heteroatoms. The molecule has 1 aliphatic rings. The van der Waals surface area contributed by atoms with Crippen LogP contribution in [0.2, 0.25) is 0 Å². The van der Waals surface area contributed by atoms with Crippen LogP contribution in [-0.4, -0.2) is 42.0 Å². The van der Waals surface area contributed by atoms with E-state index in [9.17, 15) is 4.79 Å². The molecule has 32 heavy (non-hydrogen) atoms. The summed E-state index contributed by atoms with van der Waals surface area (Å²) >= 11 is 0. The second-order valence-corrected chi connectivity index (χ2v) is 8.65. The fourth-order valence-electron chi connectivity index (χ4n) is 3.97. The Hall–Kier alpha value is -3.18. The molecule has 0 radical (unpaired) electrons. The first kappa shape index (κ1) is 22.0. The van der Waals surface area contributed by atoms with E-state index in [1.807, 2.05) is 26.0 Å². The monoisotopic (exact) mass is 429 g/mol. The highest BCUT2D eigenvalue weighted by molar-refractivity contribution is 5.76. The molecule has 0 bridgehead atoms. The number of aromatic nitrogens is 1. The quantitative estimate of drug-likeness (QED) is 0.516. The van der Waals surface area contributed by atoms with Gasteiger partial charge < -0.3 is 9.64 Å². The average Bonchev–Trinajstić information content (AvgIpc) is 2.81. The highest BCUT2D eigenvalue weighted by Crippen LogP contribution is 2.27. The maximum Gasteiger partial charge on any atom is 0.313 e. The molecule has 0 unspecified atom stereocenters. The Kier molecular flexibility index (Phi) is 7.17. The number of piperazine rings is 1. The largest absolute Gasteiger partial charge is 0.422 e. The van der Waals surface area contributed by atoms with Gasteiger partial charge in [-0.05, 0) is 35.2 Å². The van der Waals surface area contributed by atoms with Gasteiger partial charge in [0.05, 0.1) is 5.92 Å². The molecule has 0 atom stereocenters. The van der Waals surface area contributed by atoms with Gasteiger partial charge in [-0.25, -0.2) is 4.98 Å². The summed E-state index contributed by atoms with van der Waals surface area (Å²) in [7, 11) is 0. The minimum Gasteiger partial charge on any atom is -0.422 e. The lowest BCUT2D eigenvalue weighted by Gasteiger charge is -2.36. The summed E-state index contributed by atoms with van der Waals surface area (Å²) < 4.78 is 5.59. The van der Waals surface area contributed by atoms with Crippen molar-refractivity contribution in [2.75, 3.05) is 31.1 Å². The van der Waals surface area contributed by atoms with Crippen LogP contribution in [0.1, 0.15) is 30.5 Å². The summed E-state index contributed by atoms with van der Waals surface area (Å²) in [5, 5.41) is 0. The van der Waals surface area contributed by atoms with Crippen molar-refractivity contribution in [2.24, 2.45) is 5.92 Å². The zero-order chi connectivity index (χ0) is 22.3. The normalized spacial score (nSPS) is 14.5. The topological polar surface area (TPSA) is 45.7 Å². The second kappa shape index (κ2) is 10.4. The van der Waals surface area contributed by atoms with Crippen molar-refractivity contribution in [1.82, 2.24) is 9.88 Å². The highest BCUT2D eigenvalue weighted by Gasteiger charge is 2.22. The van der Waals surface area contributed by atoms with Gasteiger partial charge in [0.25, 0.3) is 0 Å². The number of carbonyl (C=O) groups is 1. The summed E-state index contributed by atoms with van der Waals surface area (Å²) in [5.41, 5.74) is 4.02. The summed E-state index contributed by atoms with van der Waals surface area (Å²) in [6.07, 6.45) is 2.71. The van der Waals surface area contributed by atoms with Crippen LogP contribution in [0, 0.1) is 5.92 Å². The number of carbonyl (C=O) groups excluding carboxylic acids is 1. The van der Waals surface area contributed by atoms with Crippen LogP contribution >= 0.6 is 0 Å². The number of benzene rings is 2. The van der Waals surface area contributed by atoms with Gasteiger partial charge in [-0.3, -0.25) is 9.69 Å². The molecule has 2 aromatic carbocycles. The number of hydrogen-bond donors (Lipinski definition) is 0. The van der Waals surface area contributed by atoms with Crippen molar-refractivity contribution >= 4 is 11.8 Å². The molecule has 3 aromatic rings. The molecule has 5 nitrogen and oxygen atoms in total. The van der Waals surface area contributed by atoms with Crippen molar-refractivity contribution in [3.8, 4) is 5.75 Å².